The fourth-order valence-electron chi connectivity index (χ4n) is 3.35. The van der Waals surface area contributed by atoms with Gasteiger partial charge in [-0.15, -0.1) is 0 Å². The molecule has 142 valence electrons. The van der Waals surface area contributed by atoms with E-state index in [4.69, 9.17) is 0 Å². The topological polar surface area (TPSA) is 82.3 Å². The van der Waals surface area contributed by atoms with Gasteiger partial charge in [-0.25, -0.2) is 28.2 Å². The third kappa shape index (κ3) is 3.72. The number of halogens is 2. The van der Waals surface area contributed by atoms with Crippen molar-refractivity contribution in [2.75, 3.05) is 30.0 Å². The van der Waals surface area contributed by atoms with Crippen molar-refractivity contribution in [1.82, 2.24) is 24.6 Å². The van der Waals surface area contributed by atoms with E-state index in [1.54, 1.807) is 12.5 Å². The number of imidazole rings is 1. The van der Waals surface area contributed by atoms with Gasteiger partial charge < -0.3 is 9.45 Å². The number of anilines is 1. The fourth-order valence-corrected chi connectivity index (χ4v) is 4.28. The number of fused-ring (bicyclic) bond motifs is 1. The summed E-state index contributed by atoms with van der Waals surface area (Å²) in [4.78, 5) is 15.0. The largest absolute Gasteiger partial charge is 0.617 e. The second kappa shape index (κ2) is 7.35. The lowest BCUT2D eigenvalue weighted by Gasteiger charge is -2.18. The first-order valence-corrected chi connectivity index (χ1v) is 10.2. The number of rotatable bonds is 5. The molecule has 0 spiro atoms. The molecule has 0 aromatic carbocycles. The highest BCUT2D eigenvalue weighted by atomic mass is 32.2. The van der Waals surface area contributed by atoms with Crippen LogP contribution in [0.25, 0.3) is 17.0 Å². The third-order valence-electron chi connectivity index (χ3n) is 4.60. The van der Waals surface area contributed by atoms with E-state index in [9.17, 15) is 13.3 Å². The summed E-state index contributed by atoms with van der Waals surface area (Å²) >= 11 is -0.818. The molecule has 2 atom stereocenters. The van der Waals surface area contributed by atoms with E-state index >= 15 is 0 Å². The van der Waals surface area contributed by atoms with Crippen molar-refractivity contribution in [2.45, 2.75) is 12.8 Å². The first-order valence-electron chi connectivity index (χ1n) is 8.51. The van der Waals surface area contributed by atoms with E-state index in [-0.39, 0.29) is 5.69 Å². The van der Waals surface area contributed by atoms with Gasteiger partial charge in [-0.1, -0.05) is 11.2 Å². The van der Waals surface area contributed by atoms with Crippen LogP contribution in [-0.2, 0) is 11.2 Å². The van der Waals surface area contributed by atoms with Crippen molar-refractivity contribution in [2.24, 2.45) is 5.92 Å². The summed E-state index contributed by atoms with van der Waals surface area (Å²) in [5, 5.41) is 3.98. The second-order valence-corrected chi connectivity index (χ2v) is 8.05. The lowest BCUT2D eigenvalue weighted by Crippen LogP contribution is -2.23. The zero-order chi connectivity index (χ0) is 19.0. The van der Waals surface area contributed by atoms with Gasteiger partial charge in [-0.05, 0) is 18.6 Å². The van der Waals surface area contributed by atoms with Gasteiger partial charge >= 0.3 is 0 Å². The molecular weight excluding hydrogens is 374 g/mol. The van der Waals surface area contributed by atoms with Crippen LogP contribution in [-0.4, -0.2) is 54.2 Å². The molecule has 3 aromatic heterocycles. The van der Waals surface area contributed by atoms with E-state index < -0.39 is 17.6 Å². The number of aromatic nitrogens is 5. The molecule has 0 radical (unpaired) electrons. The minimum Gasteiger partial charge on any atom is -0.617 e. The molecule has 1 fully saturated rings. The van der Waals surface area contributed by atoms with E-state index in [0.29, 0.717) is 28.7 Å². The molecule has 7 nitrogen and oxygen atoms in total. The Kier molecular flexibility index (Phi) is 4.92. The van der Waals surface area contributed by atoms with Crippen LogP contribution in [0, 0.1) is 5.92 Å². The molecule has 4 rings (SSSR count). The van der Waals surface area contributed by atoms with Crippen molar-refractivity contribution in [1.29, 1.82) is 0 Å². The normalized spacial score (nSPS) is 18.6. The quantitative estimate of drug-likeness (QED) is 0.620. The molecule has 10 heteroatoms. The average molecular weight is 392 g/mol. The number of nitrogens with zero attached hydrogens (tertiary/aromatic N) is 6. The predicted octanol–water partition coefficient (Wildman–Crippen LogP) is 2.33. The lowest BCUT2D eigenvalue weighted by atomic mass is 10.2. The van der Waals surface area contributed by atoms with Crippen LogP contribution in [0.1, 0.15) is 18.5 Å². The SMILES string of the molecule is C[S+]([O-])CC1CCN(c2cc(-c3cnc4ccc(C(F)F)nn34)ncn2)C1. The smallest absolute Gasteiger partial charge is 0.282 e. The summed E-state index contributed by atoms with van der Waals surface area (Å²) in [6, 6.07) is 4.59. The summed E-state index contributed by atoms with van der Waals surface area (Å²) in [6.45, 7) is 1.62. The van der Waals surface area contributed by atoms with Crippen molar-refractivity contribution < 1.29 is 13.3 Å². The average Bonchev–Trinajstić information content (AvgIpc) is 3.27. The van der Waals surface area contributed by atoms with Gasteiger partial charge in [0.15, 0.2) is 5.65 Å². The van der Waals surface area contributed by atoms with Crippen LogP contribution >= 0.6 is 0 Å². The third-order valence-corrected chi connectivity index (χ3v) is 5.54. The Balaban J connectivity index is 1.63. The molecule has 1 aliphatic heterocycles. The van der Waals surface area contributed by atoms with Gasteiger partial charge in [-0.2, -0.15) is 5.10 Å². The first kappa shape index (κ1) is 18.1. The van der Waals surface area contributed by atoms with Gasteiger partial charge in [0.1, 0.15) is 29.3 Å². The molecule has 0 amide bonds. The van der Waals surface area contributed by atoms with Crippen LogP contribution < -0.4 is 4.90 Å². The Bertz CT molecular complexity index is 950. The van der Waals surface area contributed by atoms with Gasteiger partial charge in [0.25, 0.3) is 6.43 Å². The van der Waals surface area contributed by atoms with Crippen molar-refractivity contribution in [3.63, 3.8) is 0 Å². The number of alkyl halides is 2. The maximum atomic E-state index is 13.0. The Morgan fingerprint density at radius 3 is 2.93 bits per heavy atom. The van der Waals surface area contributed by atoms with Crippen molar-refractivity contribution >= 4 is 22.6 Å². The zero-order valence-corrected chi connectivity index (χ0v) is 15.4. The van der Waals surface area contributed by atoms with Gasteiger partial charge in [-0.3, -0.25) is 0 Å². The first-order chi connectivity index (χ1) is 13.0. The second-order valence-electron chi connectivity index (χ2n) is 6.57. The maximum Gasteiger partial charge on any atom is 0.282 e. The van der Waals surface area contributed by atoms with Crippen LogP contribution in [0.4, 0.5) is 14.6 Å². The van der Waals surface area contributed by atoms with Gasteiger partial charge in [0, 0.05) is 25.1 Å². The van der Waals surface area contributed by atoms with Gasteiger partial charge in [0.2, 0.25) is 0 Å². The Morgan fingerprint density at radius 2 is 2.15 bits per heavy atom. The molecular formula is C17H18F2N6OS. The van der Waals surface area contributed by atoms with Crippen LogP contribution in [0.2, 0.25) is 0 Å². The molecule has 0 N–H and O–H groups in total. The minimum absolute atomic E-state index is 0.314. The molecule has 0 saturated carbocycles. The van der Waals surface area contributed by atoms with E-state index in [2.05, 4.69) is 25.0 Å². The van der Waals surface area contributed by atoms with Gasteiger partial charge in [0.05, 0.1) is 18.1 Å². The molecule has 3 aromatic rings. The van der Waals surface area contributed by atoms with E-state index in [0.717, 1.165) is 25.3 Å². The number of hydrogen-bond donors (Lipinski definition) is 0. The molecule has 4 heterocycles. The van der Waals surface area contributed by atoms with Crippen LogP contribution in [0.5, 0.6) is 0 Å². The monoisotopic (exact) mass is 392 g/mol. The lowest BCUT2D eigenvalue weighted by molar-refractivity contribution is 0.144. The van der Waals surface area contributed by atoms with Crippen LogP contribution in [0.15, 0.2) is 30.7 Å². The molecule has 2 unspecified atom stereocenters. The summed E-state index contributed by atoms with van der Waals surface area (Å²) in [5.74, 6) is 1.81. The van der Waals surface area contributed by atoms with Crippen molar-refractivity contribution in [3.8, 4) is 11.4 Å². The standard InChI is InChI=1S/C17H18F2N6OS/c1-27(26)9-11-4-5-24(8-11)16-6-13(21-10-22-16)14-7-20-15-3-2-12(17(18)19)23-25(14)15/h2-3,6-7,10-11,17H,4-5,8-9H2,1H3. The Hall–Kier alpha value is -2.33. The molecule has 0 aliphatic carbocycles. The number of hydrogen-bond acceptors (Lipinski definition) is 6. The maximum absolute atomic E-state index is 13.0. The zero-order valence-electron chi connectivity index (χ0n) is 14.6. The van der Waals surface area contributed by atoms with E-state index in [1.807, 2.05) is 6.07 Å². The molecule has 1 aliphatic rings. The van der Waals surface area contributed by atoms with E-state index in [1.165, 1.54) is 23.0 Å². The minimum atomic E-state index is -2.66. The fraction of sp³-hybridized carbons (Fsp3) is 0.412. The summed E-state index contributed by atoms with van der Waals surface area (Å²) in [7, 11) is 0. The Morgan fingerprint density at radius 1 is 1.30 bits per heavy atom. The van der Waals surface area contributed by atoms with Crippen molar-refractivity contribution in [3.05, 3.63) is 36.4 Å². The summed E-state index contributed by atoms with van der Waals surface area (Å²) in [6.07, 6.45) is 3.05. The summed E-state index contributed by atoms with van der Waals surface area (Å²) < 4.78 is 38.8. The Labute approximate surface area is 157 Å². The van der Waals surface area contributed by atoms with Crippen LogP contribution in [0.3, 0.4) is 0 Å². The predicted molar refractivity (Wildman–Crippen MR) is 98.2 cm³/mol. The molecule has 0 bridgehead atoms. The molecule has 27 heavy (non-hydrogen) atoms. The molecule has 1 saturated heterocycles. The summed E-state index contributed by atoms with van der Waals surface area (Å²) in [5.41, 5.74) is 1.25. The highest BCUT2D eigenvalue weighted by Crippen LogP contribution is 2.27. The highest BCUT2D eigenvalue weighted by Gasteiger charge is 2.26. The highest BCUT2D eigenvalue weighted by molar-refractivity contribution is 7.90.